The number of H-pyrrole nitrogens is 2. The number of aromatic amines is 2. The third-order valence-corrected chi connectivity index (χ3v) is 7.15. The number of thiophene rings is 1. The monoisotopic (exact) mass is 438 g/mol. The van der Waals surface area contributed by atoms with E-state index in [2.05, 4.69) is 20.1 Å². The van der Waals surface area contributed by atoms with Gasteiger partial charge in [-0.2, -0.15) is 0 Å². The zero-order valence-electron chi connectivity index (χ0n) is 17.3. The summed E-state index contributed by atoms with van der Waals surface area (Å²) < 4.78 is 1.46. The minimum absolute atomic E-state index is 0.0794. The molecule has 0 aromatic carbocycles. The molecule has 0 spiro atoms. The van der Waals surface area contributed by atoms with E-state index in [0.717, 1.165) is 24.2 Å². The molecule has 160 valence electrons. The minimum atomic E-state index is -0.225. The highest BCUT2D eigenvalue weighted by Gasteiger charge is 2.29. The molecule has 9 nitrogen and oxygen atoms in total. The lowest BCUT2D eigenvalue weighted by Crippen LogP contribution is -2.39. The van der Waals surface area contributed by atoms with E-state index in [-0.39, 0.29) is 22.9 Å². The molecule has 4 aromatic rings. The van der Waals surface area contributed by atoms with Crippen molar-refractivity contribution < 1.29 is 4.79 Å². The van der Waals surface area contributed by atoms with Gasteiger partial charge in [0.15, 0.2) is 5.65 Å². The molecule has 10 heteroatoms. The molecule has 1 aliphatic rings. The van der Waals surface area contributed by atoms with Crippen molar-refractivity contribution in [2.45, 2.75) is 39.0 Å². The van der Waals surface area contributed by atoms with Crippen LogP contribution in [0.2, 0.25) is 0 Å². The van der Waals surface area contributed by atoms with Crippen LogP contribution in [0.15, 0.2) is 28.0 Å². The molecule has 5 rings (SSSR count). The van der Waals surface area contributed by atoms with E-state index >= 15 is 0 Å². The summed E-state index contributed by atoms with van der Waals surface area (Å²) in [7, 11) is 0. The average molecular weight is 439 g/mol. The highest BCUT2D eigenvalue weighted by atomic mass is 32.1. The largest absolute Gasteiger partial charge is 0.337 e. The topological polar surface area (TPSA) is 116 Å². The average Bonchev–Trinajstić information content (AvgIpc) is 3.36. The number of hydrogen-bond donors (Lipinski definition) is 2. The van der Waals surface area contributed by atoms with Gasteiger partial charge >= 0.3 is 0 Å². The number of piperidine rings is 1. The number of carbonyl (C=O) groups is 1. The number of nitrogens with zero attached hydrogens (tertiary/aromatic N) is 4. The number of hydrogen-bond acceptors (Lipinski definition) is 6. The Hall–Kier alpha value is -3.27. The van der Waals surface area contributed by atoms with Crippen LogP contribution in [0.1, 0.15) is 52.3 Å². The molecule has 1 saturated heterocycles. The van der Waals surface area contributed by atoms with Gasteiger partial charge in [-0.05, 0) is 31.7 Å². The van der Waals surface area contributed by atoms with Crippen LogP contribution in [0.4, 0.5) is 0 Å². The number of carbonyl (C=O) groups excluding carboxylic acids is 1. The molecule has 1 fully saturated rings. The maximum absolute atomic E-state index is 13.3. The second-order valence-corrected chi connectivity index (χ2v) is 8.90. The van der Waals surface area contributed by atoms with Crippen molar-refractivity contribution in [1.29, 1.82) is 0 Å². The summed E-state index contributed by atoms with van der Waals surface area (Å²) in [6.07, 6.45) is 3.83. The Morgan fingerprint density at radius 2 is 2.16 bits per heavy atom. The summed E-state index contributed by atoms with van der Waals surface area (Å²) >= 11 is 1.26. The fourth-order valence-electron chi connectivity index (χ4n) is 4.29. The van der Waals surface area contributed by atoms with E-state index in [4.69, 9.17) is 0 Å². The number of aryl methyl sites for hydroxylation is 2. The van der Waals surface area contributed by atoms with E-state index in [1.54, 1.807) is 13.0 Å². The summed E-state index contributed by atoms with van der Waals surface area (Å²) in [6.45, 7) is 4.96. The number of fused-ring (bicyclic) bond motifs is 2. The quantitative estimate of drug-likeness (QED) is 0.509. The van der Waals surface area contributed by atoms with Crippen LogP contribution < -0.4 is 11.1 Å². The second-order valence-electron chi connectivity index (χ2n) is 7.90. The maximum atomic E-state index is 13.3. The van der Waals surface area contributed by atoms with Crippen molar-refractivity contribution in [2.24, 2.45) is 0 Å². The van der Waals surface area contributed by atoms with Gasteiger partial charge in [0.2, 0.25) is 0 Å². The molecule has 31 heavy (non-hydrogen) atoms. The second kappa shape index (κ2) is 7.45. The Morgan fingerprint density at radius 3 is 2.94 bits per heavy atom. The molecule has 4 aromatic heterocycles. The van der Waals surface area contributed by atoms with Crippen molar-refractivity contribution in [3.05, 3.63) is 61.0 Å². The molecule has 2 N–H and O–H groups in total. The highest BCUT2D eigenvalue weighted by molar-refractivity contribution is 7.20. The molecule has 5 heterocycles. The molecular formula is C21H22N6O3S. The van der Waals surface area contributed by atoms with Crippen LogP contribution in [0.3, 0.4) is 0 Å². The number of aromatic nitrogens is 5. The van der Waals surface area contributed by atoms with E-state index < -0.39 is 0 Å². The molecule has 0 bridgehead atoms. The SMILES string of the molecule is CCc1cc(=O)n2[nH]c([C@@H]3CCCN(C(=O)c4sc5nc[nH]c(=O)c5c4C)C3)cc2n1. The van der Waals surface area contributed by atoms with Gasteiger partial charge < -0.3 is 9.88 Å². The van der Waals surface area contributed by atoms with Crippen molar-refractivity contribution in [3.8, 4) is 0 Å². The standard InChI is InChI=1S/C21H22N6O3S/c1-3-13-7-16(28)27-15(24-13)8-14(25-27)12-5-4-6-26(9-12)21(30)18-11(2)17-19(29)22-10-23-20(17)31-18/h7-8,10,12,25H,3-6,9H2,1-2H3,(H,22,23,29)/t12-/m1/s1. The van der Waals surface area contributed by atoms with Gasteiger partial charge in [0.25, 0.3) is 17.0 Å². The molecule has 0 radical (unpaired) electrons. The van der Waals surface area contributed by atoms with Crippen LogP contribution in [0.5, 0.6) is 0 Å². The third-order valence-electron chi connectivity index (χ3n) is 5.96. The maximum Gasteiger partial charge on any atom is 0.272 e. The first-order valence-electron chi connectivity index (χ1n) is 10.3. The number of amides is 1. The Balaban J connectivity index is 1.45. The first-order valence-corrected chi connectivity index (χ1v) is 11.2. The molecule has 1 aliphatic heterocycles. The van der Waals surface area contributed by atoms with E-state index in [9.17, 15) is 14.4 Å². The van der Waals surface area contributed by atoms with E-state index in [1.807, 2.05) is 17.9 Å². The Bertz CT molecular complexity index is 1430. The van der Waals surface area contributed by atoms with Gasteiger partial charge in [0, 0.05) is 42.5 Å². The van der Waals surface area contributed by atoms with Crippen LogP contribution in [-0.4, -0.2) is 48.5 Å². The number of rotatable bonds is 3. The summed E-state index contributed by atoms with van der Waals surface area (Å²) in [5.41, 5.74) is 2.59. The van der Waals surface area contributed by atoms with Crippen molar-refractivity contribution in [1.82, 2.24) is 29.5 Å². The predicted octanol–water partition coefficient (Wildman–Crippen LogP) is 2.21. The van der Waals surface area contributed by atoms with Crippen LogP contribution in [-0.2, 0) is 6.42 Å². The summed E-state index contributed by atoms with van der Waals surface area (Å²) in [4.78, 5) is 52.1. The third kappa shape index (κ3) is 3.27. The van der Waals surface area contributed by atoms with Gasteiger partial charge in [-0.3, -0.25) is 19.5 Å². The van der Waals surface area contributed by atoms with Crippen LogP contribution in [0.25, 0.3) is 15.9 Å². The lowest BCUT2D eigenvalue weighted by molar-refractivity contribution is 0.0710. The zero-order valence-corrected chi connectivity index (χ0v) is 18.1. The minimum Gasteiger partial charge on any atom is -0.337 e. The Kier molecular flexibility index (Phi) is 4.73. The smallest absolute Gasteiger partial charge is 0.272 e. The summed E-state index contributed by atoms with van der Waals surface area (Å²) in [6, 6.07) is 3.46. The van der Waals surface area contributed by atoms with Gasteiger partial charge in [-0.15, -0.1) is 11.3 Å². The Morgan fingerprint density at radius 1 is 1.32 bits per heavy atom. The first kappa shape index (κ1) is 19.7. The molecule has 1 atom stereocenters. The molecule has 1 amide bonds. The molecular weight excluding hydrogens is 416 g/mol. The molecule has 0 saturated carbocycles. The summed E-state index contributed by atoms with van der Waals surface area (Å²) in [5, 5.41) is 3.66. The Labute approximate surface area is 180 Å². The van der Waals surface area contributed by atoms with Gasteiger partial charge in [0.1, 0.15) is 4.83 Å². The lowest BCUT2D eigenvalue weighted by Gasteiger charge is -2.32. The first-order chi connectivity index (χ1) is 15.0. The fourth-order valence-corrected chi connectivity index (χ4v) is 5.41. The van der Waals surface area contributed by atoms with E-state index in [0.29, 0.717) is 45.8 Å². The van der Waals surface area contributed by atoms with E-state index in [1.165, 1.54) is 22.2 Å². The van der Waals surface area contributed by atoms with Crippen LogP contribution >= 0.6 is 11.3 Å². The van der Waals surface area contributed by atoms with Gasteiger partial charge in [-0.1, -0.05) is 6.92 Å². The molecule has 0 unspecified atom stereocenters. The zero-order chi connectivity index (χ0) is 21.7. The number of nitrogens with one attached hydrogen (secondary N) is 2. The van der Waals surface area contributed by atoms with Gasteiger partial charge in [-0.25, -0.2) is 14.5 Å². The molecule has 0 aliphatic carbocycles. The van der Waals surface area contributed by atoms with Crippen molar-refractivity contribution in [3.63, 3.8) is 0 Å². The number of likely N-dealkylation sites (tertiary alicyclic amines) is 1. The fraction of sp³-hybridized carbons (Fsp3) is 0.381. The lowest BCUT2D eigenvalue weighted by atomic mass is 9.94. The highest BCUT2D eigenvalue weighted by Crippen LogP contribution is 2.31. The summed E-state index contributed by atoms with van der Waals surface area (Å²) in [5.74, 6) is 0.00404. The van der Waals surface area contributed by atoms with Crippen LogP contribution in [0, 0.1) is 6.92 Å². The van der Waals surface area contributed by atoms with Gasteiger partial charge in [0.05, 0.1) is 16.6 Å². The van der Waals surface area contributed by atoms with Crippen molar-refractivity contribution in [2.75, 3.05) is 13.1 Å². The predicted molar refractivity (Wildman–Crippen MR) is 118 cm³/mol. The van der Waals surface area contributed by atoms with Crippen molar-refractivity contribution >= 4 is 33.1 Å². The normalized spacial score (nSPS) is 17.0.